The van der Waals surface area contributed by atoms with Crippen molar-refractivity contribution in [1.29, 1.82) is 0 Å². The van der Waals surface area contributed by atoms with E-state index >= 15 is 0 Å². The van der Waals surface area contributed by atoms with Crippen LogP contribution < -0.4 is 10.2 Å². The Balaban J connectivity index is 1.91. The van der Waals surface area contributed by atoms with E-state index in [1.807, 2.05) is 21.0 Å². The fraction of sp³-hybridized carbons (Fsp3) is 0.611. The van der Waals surface area contributed by atoms with E-state index in [9.17, 15) is 4.79 Å². The number of fused-ring (bicyclic) bond motifs is 1. The molecular weight excluding hydrogens is 334 g/mol. The molecular formula is C18H27N5OS. The van der Waals surface area contributed by atoms with Gasteiger partial charge in [0.15, 0.2) is 0 Å². The van der Waals surface area contributed by atoms with Crippen molar-refractivity contribution in [1.82, 2.24) is 20.2 Å². The summed E-state index contributed by atoms with van der Waals surface area (Å²) in [5.41, 5.74) is 0.996. The van der Waals surface area contributed by atoms with Gasteiger partial charge in [0.05, 0.1) is 10.3 Å². The molecule has 0 radical (unpaired) electrons. The predicted octanol–water partition coefficient (Wildman–Crippen LogP) is 2.67. The van der Waals surface area contributed by atoms with Crippen LogP contribution in [0.1, 0.15) is 41.4 Å². The standard InChI is InChI=1S/C18H27N5OS/c1-12-7-5-6-9-23(12)16-14-13(2)15(25-18(14)21-11-20-16)17(24)19-8-10-22(3)4/h11-12H,5-10H2,1-4H3,(H,19,24). The van der Waals surface area contributed by atoms with Crippen LogP contribution in [-0.4, -0.2) is 60.5 Å². The van der Waals surface area contributed by atoms with Crippen molar-refractivity contribution in [2.75, 3.05) is 38.6 Å². The van der Waals surface area contributed by atoms with E-state index in [2.05, 4.69) is 32.0 Å². The number of nitrogens with zero attached hydrogens (tertiary/aromatic N) is 4. The first-order chi connectivity index (χ1) is 12.0. The molecule has 1 atom stereocenters. The SMILES string of the molecule is Cc1c(C(=O)NCCN(C)C)sc2ncnc(N3CCCCC3C)c12. The molecule has 6 nitrogen and oxygen atoms in total. The van der Waals surface area contributed by atoms with Crippen molar-refractivity contribution in [3.05, 3.63) is 16.8 Å². The first kappa shape index (κ1) is 18.1. The summed E-state index contributed by atoms with van der Waals surface area (Å²) >= 11 is 1.47. The number of carbonyl (C=O) groups excluding carboxylic acids is 1. The van der Waals surface area contributed by atoms with Crippen molar-refractivity contribution < 1.29 is 4.79 Å². The Kier molecular flexibility index (Phi) is 5.54. The number of amides is 1. The lowest BCUT2D eigenvalue weighted by molar-refractivity contribution is 0.0954. The van der Waals surface area contributed by atoms with Gasteiger partial charge in [0.1, 0.15) is 17.0 Å². The number of thiophene rings is 1. The summed E-state index contributed by atoms with van der Waals surface area (Å²) in [7, 11) is 4.00. The van der Waals surface area contributed by atoms with E-state index < -0.39 is 0 Å². The van der Waals surface area contributed by atoms with Crippen molar-refractivity contribution in [3.8, 4) is 0 Å². The second-order valence-electron chi connectivity index (χ2n) is 7.03. The van der Waals surface area contributed by atoms with Gasteiger partial charge in [-0.25, -0.2) is 9.97 Å². The molecule has 0 bridgehead atoms. The first-order valence-electron chi connectivity index (χ1n) is 8.92. The van der Waals surface area contributed by atoms with Crippen LogP contribution in [0.2, 0.25) is 0 Å². The zero-order valence-electron chi connectivity index (χ0n) is 15.5. The molecule has 1 fully saturated rings. The number of hydrogen-bond donors (Lipinski definition) is 1. The van der Waals surface area contributed by atoms with Crippen molar-refractivity contribution in [2.45, 2.75) is 39.2 Å². The van der Waals surface area contributed by atoms with E-state index in [4.69, 9.17) is 0 Å². The first-order valence-corrected chi connectivity index (χ1v) is 9.74. The van der Waals surface area contributed by atoms with Crippen LogP contribution in [0, 0.1) is 6.92 Å². The zero-order chi connectivity index (χ0) is 18.0. The quantitative estimate of drug-likeness (QED) is 0.887. The van der Waals surface area contributed by atoms with Gasteiger partial charge in [-0.1, -0.05) is 0 Å². The Bertz CT molecular complexity index is 757. The van der Waals surface area contributed by atoms with Gasteiger partial charge in [0.25, 0.3) is 5.91 Å². The van der Waals surface area contributed by atoms with Gasteiger partial charge in [-0.3, -0.25) is 4.79 Å². The molecule has 7 heteroatoms. The third-order valence-electron chi connectivity index (χ3n) is 4.83. The normalized spacial score (nSPS) is 18.1. The summed E-state index contributed by atoms with van der Waals surface area (Å²) in [6.45, 7) is 6.75. The Hall–Kier alpha value is -1.73. The van der Waals surface area contributed by atoms with Crippen LogP contribution in [0.25, 0.3) is 10.2 Å². The van der Waals surface area contributed by atoms with Gasteiger partial charge in [0, 0.05) is 25.7 Å². The summed E-state index contributed by atoms with van der Waals surface area (Å²) in [5.74, 6) is 0.971. The van der Waals surface area contributed by atoms with Crippen LogP contribution in [0.3, 0.4) is 0 Å². The number of piperidine rings is 1. The lowest BCUT2D eigenvalue weighted by Crippen LogP contribution is -2.38. The minimum Gasteiger partial charge on any atom is -0.353 e. The highest BCUT2D eigenvalue weighted by atomic mass is 32.1. The Morgan fingerprint density at radius 3 is 2.92 bits per heavy atom. The maximum Gasteiger partial charge on any atom is 0.261 e. The average Bonchev–Trinajstić information content (AvgIpc) is 2.92. The van der Waals surface area contributed by atoms with E-state index in [0.717, 1.165) is 39.6 Å². The molecule has 1 amide bonds. The number of rotatable bonds is 5. The number of carbonyl (C=O) groups is 1. The number of aromatic nitrogens is 2. The number of aryl methyl sites for hydroxylation is 1. The zero-order valence-corrected chi connectivity index (χ0v) is 16.3. The van der Waals surface area contributed by atoms with Gasteiger partial charge in [0.2, 0.25) is 0 Å². The van der Waals surface area contributed by atoms with Crippen LogP contribution in [0.4, 0.5) is 5.82 Å². The number of likely N-dealkylation sites (N-methyl/N-ethyl adjacent to an activating group) is 1. The molecule has 1 aliphatic rings. The highest BCUT2D eigenvalue weighted by molar-refractivity contribution is 7.20. The smallest absolute Gasteiger partial charge is 0.261 e. The lowest BCUT2D eigenvalue weighted by Gasteiger charge is -2.34. The van der Waals surface area contributed by atoms with Gasteiger partial charge in [-0.15, -0.1) is 11.3 Å². The summed E-state index contributed by atoms with van der Waals surface area (Å²) in [6, 6.07) is 0.475. The van der Waals surface area contributed by atoms with Crippen LogP contribution in [0.15, 0.2) is 6.33 Å². The summed E-state index contributed by atoms with van der Waals surface area (Å²) in [4.78, 5) is 27.7. The van der Waals surface area contributed by atoms with Crippen LogP contribution >= 0.6 is 11.3 Å². The van der Waals surface area contributed by atoms with Gasteiger partial charge < -0.3 is 15.1 Å². The molecule has 1 aliphatic heterocycles. The van der Waals surface area contributed by atoms with Gasteiger partial charge >= 0.3 is 0 Å². The van der Waals surface area contributed by atoms with Crippen molar-refractivity contribution >= 4 is 33.3 Å². The van der Waals surface area contributed by atoms with Crippen LogP contribution in [0.5, 0.6) is 0 Å². The third-order valence-corrected chi connectivity index (χ3v) is 6.03. The second kappa shape index (κ2) is 7.66. The minimum absolute atomic E-state index is 0.0139. The largest absolute Gasteiger partial charge is 0.353 e. The predicted molar refractivity (Wildman–Crippen MR) is 104 cm³/mol. The Morgan fingerprint density at radius 2 is 2.20 bits per heavy atom. The fourth-order valence-corrected chi connectivity index (χ4v) is 4.43. The highest BCUT2D eigenvalue weighted by Crippen LogP contribution is 2.36. The molecule has 1 N–H and O–H groups in total. The Morgan fingerprint density at radius 1 is 1.40 bits per heavy atom. The monoisotopic (exact) mass is 361 g/mol. The van der Waals surface area contributed by atoms with E-state index in [1.165, 1.54) is 30.6 Å². The molecule has 2 aromatic heterocycles. The second-order valence-corrected chi connectivity index (χ2v) is 8.03. The van der Waals surface area contributed by atoms with Gasteiger partial charge in [-0.2, -0.15) is 0 Å². The highest BCUT2D eigenvalue weighted by Gasteiger charge is 2.25. The summed E-state index contributed by atoms with van der Waals surface area (Å²) in [5, 5.41) is 4.05. The molecule has 3 heterocycles. The minimum atomic E-state index is -0.0139. The van der Waals surface area contributed by atoms with E-state index in [-0.39, 0.29) is 5.91 Å². The molecule has 0 saturated carbocycles. The van der Waals surface area contributed by atoms with Crippen LogP contribution in [-0.2, 0) is 0 Å². The molecule has 25 heavy (non-hydrogen) atoms. The fourth-order valence-electron chi connectivity index (χ4n) is 3.37. The average molecular weight is 362 g/mol. The summed E-state index contributed by atoms with van der Waals surface area (Å²) < 4.78 is 0. The molecule has 3 rings (SSSR count). The molecule has 1 saturated heterocycles. The Labute approximate surface area is 153 Å². The van der Waals surface area contributed by atoms with Gasteiger partial charge in [-0.05, 0) is 52.8 Å². The van der Waals surface area contributed by atoms with E-state index in [0.29, 0.717) is 12.6 Å². The summed E-state index contributed by atoms with van der Waals surface area (Å²) in [6.07, 6.45) is 5.28. The molecule has 1 unspecified atom stereocenters. The molecule has 0 aliphatic carbocycles. The molecule has 0 spiro atoms. The number of anilines is 1. The maximum absolute atomic E-state index is 12.6. The van der Waals surface area contributed by atoms with Crippen molar-refractivity contribution in [2.24, 2.45) is 0 Å². The number of hydrogen-bond acceptors (Lipinski definition) is 6. The maximum atomic E-state index is 12.6. The molecule has 136 valence electrons. The number of nitrogens with one attached hydrogen (secondary N) is 1. The molecule has 2 aromatic rings. The topological polar surface area (TPSA) is 61.4 Å². The van der Waals surface area contributed by atoms with Crippen molar-refractivity contribution in [3.63, 3.8) is 0 Å². The molecule has 0 aromatic carbocycles. The van der Waals surface area contributed by atoms with E-state index in [1.54, 1.807) is 6.33 Å². The third kappa shape index (κ3) is 3.77. The lowest BCUT2D eigenvalue weighted by atomic mass is 10.0.